The number of amides is 1. The molecule has 0 aromatic rings. The summed E-state index contributed by atoms with van der Waals surface area (Å²) in [5.74, 6) is -0.0490. The molecule has 0 aromatic heterocycles. The molecule has 0 saturated carbocycles. The number of carbonyl (C=O) groups excluding carboxylic acids is 1. The molecule has 1 rings (SSSR count). The predicted octanol–water partition coefficient (Wildman–Crippen LogP) is -1.12. The molecule has 1 heterocycles. The molecule has 0 atom stereocenters. The third-order valence-electron chi connectivity index (χ3n) is 3.28. The molecule has 0 unspecified atom stereocenters. The molecule has 1 fully saturated rings. The highest BCUT2D eigenvalue weighted by Gasteiger charge is 2.26. The van der Waals surface area contributed by atoms with Gasteiger partial charge in [-0.2, -0.15) is 0 Å². The van der Waals surface area contributed by atoms with Gasteiger partial charge in [-0.1, -0.05) is 0 Å². The molecule has 0 bridgehead atoms. The summed E-state index contributed by atoms with van der Waals surface area (Å²) in [5.41, 5.74) is 5.31. The van der Waals surface area contributed by atoms with Gasteiger partial charge in [0.15, 0.2) is 0 Å². The molecule has 6 nitrogen and oxygen atoms in total. The zero-order valence-corrected chi connectivity index (χ0v) is 11.2. The number of likely N-dealkylation sites (tertiary alicyclic amines) is 1. The van der Waals surface area contributed by atoms with E-state index in [1.165, 1.54) is 0 Å². The Bertz CT molecular complexity index is 243. The number of hydrogen-bond acceptors (Lipinski definition) is 5. The molecule has 0 radical (unpaired) electrons. The van der Waals surface area contributed by atoms with Gasteiger partial charge in [0.1, 0.15) is 6.61 Å². The van der Waals surface area contributed by atoms with Crippen molar-refractivity contribution in [2.45, 2.75) is 18.9 Å². The van der Waals surface area contributed by atoms with Crippen molar-refractivity contribution in [2.75, 3.05) is 53.0 Å². The Kier molecular flexibility index (Phi) is 7.19. The summed E-state index contributed by atoms with van der Waals surface area (Å²) < 4.78 is 5.18. The first kappa shape index (κ1) is 15.4. The second-order valence-electron chi connectivity index (χ2n) is 4.69. The summed E-state index contributed by atoms with van der Waals surface area (Å²) >= 11 is 0. The molecule has 6 heteroatoms. The molecule has 0 aromatic carbocycles. The Morgan fingerprint density at radius 2 is 2.17 bits per heavy atom. The van der Waals surface area contributed by atoms with E-state index in [1.807, 2.05) is 0 Å². The molecule has 1 amide bonds. The largest absolute Gasteiger partial charge is 0.395 e. The monoisotopic (exact) mass is 259 g/mol. The molecule has 1 aliphatic heterocycles. The van der Waals surface area contributed by atoms with Crippen molar-refractivity contribution in [2.24, 2.45) is 5.73 Å². The van der Waals surface area contributed by atoms with E-state index in [4.69, 9.17) is 15.6 Å². The minimum atomic E-state index is -0.0490. The van der Waals surface area contributed by atoms with Crippen LogP contribution in [0.3, 0.4) is 0 Å². The van der Waals surface area contributed by atoms with Gasteiger partial charge in [0.25, 0.3) is 0 Å². The van der Waals surface area contributed by atoms with Gasteiger partial charge < -0.3 is 25.4 Å². The van der Waals surface area contributed by atoms with Gasteiger partial charge in [0.05, 0.1) is 13.2 Å². The van der Waals surface area contributed by atoms with E-state index in [2.05, 4.69) is 11.9 Å². The van der Waals surface area contributed by atoms with Gasteiger partial charge in [-0.3, -0.25) is 4.79 Å². The van der Waals surface area contributed by atoms with Crippen LogP contribution in [0.1, 0.15) is 12.8 Å². The normalized spacial score (nSPS) is 17.9. The van der Waals surface area contributed by atoms with Gasteiger partial charge in [-0.15, -0.1) is 0 Å². The first-order valence-electron chi connectivity index (χ1n) is 6.55. The van der Waals surface area contributed by atoms with Crippen molar-refractivity contribution < 1.29 is 14.6 Å². The van der Waals surface area contributed by atoms with Crippen LogP contribution in [0.4, 0.5) is 0 Å². The minimum Gasteiger partial charge on any atom is -0.395 e. The third-order valence-corrected chi connectivity index (χ3v) is 3.28. The van der Waals surface area contributed by atoms with Crippen molar-refractivity contribution in [3.8, 4) is 0 Å². The third kappa shape index (κ3) is 4.89. The van der Waals surface area contributed by atoms with Crippen LogP contribution in [0.25, 0.3) is 0 Å². The fourth-order valence-electron chi connectivity index (χ4n) is 2.25. The predicted molar refractivity (Wildman–Crippen MR) is 69.2 cm³/mol. The standard InChI is InChI=1S/C12H25N3O3/c1-14-5-2-11(3-6-14)15(7-8-16)12(17)10-18-9-4-13/h11,16H,2-10,13H2,1H3. The van der Waals surface area contributed by atoms with Crippen LogP contribution in [0.5, 0.6) is 0 Å². The Morgan fingerprint density at radius 1 is 1.50 bits per heavy atom. The summed E-state index contributed by atoms with van der Waals surface area (Å²) in [7, 11) is 2.08. The summed E-state index contributed by atoms with van der Waals surface area (Å²) in [6, 6.07) is 0.224. The number of aliphatic hydroxyl groups excluding tert-OH is 1. The molecule has 1 aliphatic rings. The van der Waals surface area contributed by atoms with Crippen molar-refractivity contribution in [1.29, 1.82) is 0 Å². The van der Waals surface area contributed by atoms with Crippen molar-refractivity contribution in [3.63, 3.8) is 0 Å². The van der Waals surface area contributed by atoms with Gasteiger partial charge in [-0.25, -0.2) is 0 Å². The van der Waals surface area contributed by atoms with Gasteiger partial charge in [0.2, 0.25) is 5.91 Å². The average molecular weight is 259 g/mol. The lowest BCUT2D eigenvalue weighted by Crippen LogP contribution is -2.48. The minimum absolute atomic E-state index is 0.00499. The maximum atomic E-state index is 12.0. The lowest BCUT2D eigenvalue weighted by atomic mass is 10.0. The van der Waals surface area contributed by atoms with Gasteiger partial charge in [0, 0.05) is 19.1 Å². The lowest BCUT2D eigenvalue weighted by molar-refractivity contribution is -0.140. The topological polar surface area (TPSA) is 79.0 Å². The van der Waals surface area contributed by atoms with Gasteiger partial charge in [-0.05, 0) is 33.0 Å². The van der Waals surface area contributed by atoms with E-state index in [9.17, 15) is 4.79 Å². The number of carbonyl (C=O) groups is 1. The van der Waals surface area contributed by atoms with E-state index >= 15 is 0 Å². The van der Waals surface area contributed by atoms with Crippen molar-refractivity contribution >= 4 is 5.91 Å². The SMILES string of the molecule is CN1CCC(N(CCO)C(=O)COCCN)CC1. The Labute approximate surface area is 109 Å². The first-order chi connectivity index (χ1) is 8.69. The number of hydrogen-bond donors (Lipinski definition) is 2. The van der Waals surface area contributed by atoms with Crippen LogP contribution < -0.4 is 5.73 Å². The summed E-state index contributed by atoms with van der Waals surface area (Å²) in [4.78, 5) is 16.0. The zero-order chi connectivity index (χ0) is 13.4. The molecular formula is C12H25N3O3. The van der Waals surface area contributed by atoms with E-state index in [-0.39, 0.29) is 25.2 Å². The molecule has 3 N–H and O–H groups in total. The quantitative estimate of drug-likeness (QED) is 0.566. The first-order valence-corrected chi connectivity index (χ1v) is 6.55. The highest BCUT2D eigenvalue weighted by molar-refractivity contribution is 5.77. The Balaban J connectivity index is 2.44. The maximum Gasteiger partial charge on any atom is 0.248 e. The fraction of sp³-hybridized carbons (Fsp3) is 0.917. The molecule has 1 saturated heterocycles. The summed E-state index contributed by atoms with van der Waals surface area (Å²) in [6.45, 7) is 3.23. The number of aliphatic hydroxyl groups is 1. The fourth-order valence-corrected chi connectivity index (χ4v) is 2.25. The van der Waals surface area contributed by atoms with Crippen LogP contribution in [-0.4, -0.2) is 79.9 Å². The Morgan fingerprint density at radius 3 is 2.72 bits per heavy atom. The number of nitrogens with two attached hydrogens (primary N) is 1. The van der Waals surface area contributed by atoms with Crippen molar-refractivity contribution in [3.05, 3.63) is 0 Å². The molecular weight excluding hydrogens is 234 g/mol. The molecule has 106 valence electrons. The van der Waals surface area contributed by atoms with E-state index in [1.54, 1.807) is 4.90 Å². The van der Waals surface area contributed by atoms with Crippen LogP contribution in [0.15, 0.2) is 0 Å². The van der Waals surface area contributed by atoms with Crippen molar-refractivity contribution in [1.82, 2.24) is 9.80 Å². The zero-order valence-electron chi connectivity index (χ0n) is 11.2. The summed E-state index contributed by atoms with van der Waals surface area (Å²) in [5, 5.41) is 9.07. The lowest BCUT2D eigenvalue weighted by Gasteiger charge is -2.37. The molecule has 18 heavy (non-hydrogen) atoms. The number of nitrogens with zero attached hydrogens (tertiary/aromatic N) is 2. The highest BCUT2D eigenvalue weighted by atomic mass is 16.5. The van der Waals surface area contributed by atoms with Crippen LogP contribution >= 0.6 is 0 Å². The van der Waals surface area contributed by atoms with Gasteiger partial charge >= 0.3 is 0 Å². The number of piperidine rings is 1. The number of ether oxygens (including phenoxy) is 1. The van der Waals surface area contributed by atoms with E-state index in [0.717, 1.165) is 25.9 Å². The smallest absolute Gasteiger partial charge is 0.248 e. The maximum absolute atomic E-state index is 12.0. The van der Waals surface area contributed by atoms with Crippen LogP contribution in [0, 0.1) is 0 Å². The van der Waals surface area contributed by atoms with E-state index < -0.39 is 0 Å². The number of rotatable bonds is 7. The second-order valence-corrected chi connectivity index (χ2v) is 4.69. The highest BCUT2D eigenvalue weighted by Crippen LogP contribution is 2.15. The second kappa shape index (κ2) is 8.42. The molecule has 0 aliphatic carbocycles. The average Bonchev–Trinajstić information content (AvgIpc) is 2.37. The van der Waals surface area contributed by atoms with E-state index in [0.29, 0.717) is 19.7 Å². The van der Waals surface area contributed by atoms with Crippen LogP contribution in [-0.2, 0) is 9.53 Å². The molecule has 0 spiro atoms. The Hall–Kier alpha value is -0.690. The summed E-state index contributed by atoms with van der Waals surface area (Å²) in [6.07, 6.45) is 1.91. The van der Waals surface area contributed by atoms with Crippen LogP contribution in [0.2, 0.25) is 0 Å².